The smallest absolute Gasteiger partial charge is 0.383 e. The van der Waals surface area contributed by atoms with Gasteiger partial charge in [-0.3, -0.25) is 22.9 Å². The number of phosphoric ester groups is 1. The van der Waals surface area contributed by atoms with Crippen LogP contribution < -0.4 is 16.7 Å². The number of nitrogen functional groups attached to an aromatic ring is 1. The summed E-state index contributed by atoms with van der Waals surface area (Å²) in [7, 11) is -4.16. The quantitative estimate of drug-likeness (QED) is 0.111. The molecule has 0 saturated carbocycles. The number of amides is 1. The summed E-state index contributed by atoms with van der Waals surface area (Å²) in [5.41, 5.74) is 3.01. The molecule has 0 aromatic carbocycles. The number of allylic oxidation sites excluding steroid dienone is 10. The molecule has 1 amide bonds. The van der Waals surface area contributed by atoms with E-state index in [2.05, 4.69) is 78.0 Å². The number of unbranched alkanes of at least 4 members (excludes halogenated alkanes) is 1. The zero-order valence-electron chi connectivity index (χ0n) is 26.1. The van der Waals surface area contributed by atoms with E-state index in [1.54, 1.807) is 0 Å². The van der Waals surface area contributed by atoms with Crippen LogP contribution >= 0.6 is 7.82 Å². The normalized spacial score (nSPS) is 27.0. The number of ether oxygens (including phenoxy) is 1. The molecule has 11 nitrogen and oxygen atoms in total. The Labute approximate surface area is 264 Å². The van der Waals surface area contributed by atoms with Crippen LogP contribution in [0.15, 0.2) is 77.8 Å². The van der Waals surface area contributed by atoms with Crippen molar-refractivity contribution in [2.75, 3.05) is 25.5 Å². The lowest BCUT2D eigenvalue weighted by atomic mass is 9.96. The molecule has 2 aliphatic rings. The number of alkyl halides is 1. The van der Waals surface area contributed by atoms with Crippen LogP contribution in [-0.2, 0) is 27.7 Å². The number of nitrogens with one attached hydrogen (secondary N) is 1. The summed E-state index contributed by atoms with van der Waals surface area (Å²) in [6.45, 7) is 3.15. The van der Waals surface area contributed by atoms with Crippen molar-refractivity contribution >= 4 is 19.5 Å². The van der Waals surface area contributed by atoms with Crippen LogP contribution in [0.2, 0.25) is 0 Å². The van der Waals surface area contributed by atoms with Gasteiger partial charge in [0.15, 0.2) is 12.4 Å². The first kappa shape index (κ1) is 36.3. The number of rotatable bonds is 18. The molecule has 0 radical (unpaired) electrons. The van der Waals surface area contributed by atoms with Gasteiger partial charge in [-0.1, -0.05) is 67.7 Å². The molecule has 0 bridgehead atoms. The number of carbonyl (C=O) groups excluding carboxylic acids is 1. The van der Waals surface area contributed by atoms with Gasteiger partial charge in [0.2, 0.25) is 5.91 Å². The van der Waals surface area contributed by atoms with Crippen molar-refractivity contribution in [3.8, 4) is 0 Å². The number of halogens is 1. The van der Waals surface area contributed by atoms with Gasteiger partial charge in [-0.15, -0.1) is 0 Å². The second-order valence-electron chi connectivity index (χ2n) is 10.8. The molecule has 1 aromatic heterocycles. The zero-order valence-corrected chi connectivity index (χ0v) is 27.0. The van der Waals surface area contributed by atoms with Crippen LogP contribution in [0.25, 0.3) is 0 Å². The van der Waals surface area contributed by atoms with E-state index >= 15 is 4.39 Å². The molecule has 2 aliphatic heterocycles. The molecule has 3 rings (SSSR count). The molecule has 5 unspecified atom stereocenters. The van der Waals surface area contributed by atoms with Crippen molar-refractivity contribution in [3.05, 3.63) is 83.5 Å². The first-order chi connectivity index (χ1) is 21.7. The number of fused-ring (bicyclic) bond motifs is 1. The maximum atomic E-state index is 15.5. The Balaban J connectivity index is 1.26. The Hall–Kier alpha value is -3.15. The monoisotopic (exact) mass is 648 g/mol. The van der Waals surface area contributed by atoms with Crippen LogP contribution in [0, 0.1) is 0 Å². The minimum absolute atomic E-state index is 0.0109. The second-order valence-corrected chi connectivity index (χ2v) is 12.4. The Bertz CT molecular complexity index is 1340. The molecule has 248 valence electrons. The van der Waals surface area contributed by atoms with E-state index in [0.717, 1.165) is 43.1 Å². The van der Waals surface area contributed by atoms with Gasteiger partial charge in [-0.05, 0) is 57.9 Å². The lowest BCUT2D eigenvalue weighted by Gasteiger charge is -2.38. The van der Waals surface area contributed by atoms with Crippen LogP contribution in [-0.4, -0.2) is 53.1 Å². The second kappa shape index (κ2) is 18.7. The molecule has 0 aliphatic carbocycles. The lowest BCUT2D eigenvalue weighted by Crippen LogP contribution is -2.49. The van der Waals surface area contributed by atoms with E-state index in [1.807, 2.05) is 0 Å². The fraction of sp³-hybridized carbons (Fsp3) is 0.531. The van der Waals surface area contributed by atoms with Crippen LogP contribution in [0.1, 0.15) is 71.4 Å². The molecule has 2 fully saturated rings. The number of nitrogens with two attached hydrogens (primary N) is 1. The molecule has 1 aromatic rings. The van der Waals surface area contributed by atoms with Crippen molar-refractivity contribution in [2.45, 2.75) is 89.3 Å². The predicted octanol–water partition coefficient (Wildman–Crippen LogP) is 6.03. The van der Waals surface area contributed by atoms with Crippen molar-refractivity contribution < 1.29 is 32.1 Å². The Morgan fingerprint density at radius 3 is 2.38 bits per heavy atom. The third-order valence-electron chi connectivity index (χ3n) is 7.17. The maximum Gasteiger partial charge on any atom is 0.475 e. The first-order valence-electron chi connectivity index (χ1n) is 15.4. The fourth-order valence-corrected chi connectivity index (χ4v) is 6.16. The van der Waals surface area contributed by atoms with E-state index in [4.69, 9.17) is 24.0 Å². The van der Waals surface area contributed by atoms with Gasteiger partial charge in [-0.25, -0.2) is 13.8 Å². The highest BCUT2D eigenvalue weighted by atomic mass is 31.2. The highest BCUT2D eigenvalue weighted by molar-refractivity contribution is 7.48. The van der Waals surface area contributed by atoms with Crippen LogP contribution in [0.3, 0.4) is 0 Å². The largest absolute Gasteiger partial charge is 0.475 e. The number of phosphoric acid groups is 1. The third kappa shape index (κ3) is 11.6. The van der Waals surface area contributed by atoms with Gasteiger partial charge < -0.3 is 15.8 Å². The number of nitrogens with zero attached hydrogens (tertiary/aromatic N) is 2. The fourth-order valence-electron chi connectivity index (χ4n) is 4.65. The Morgan fingerprint density at radius 1 is 1.13 bits per heavy atom. The summed E-state index contributed by atoms with van der Waals surface area (Å²) in [6.07, 6.45) is 25.0. The number of anilines is 1. The van der Waals surface area contributed by atoms with Gasteiger partial charge in [0.1, 0.15) is 17.5 Å². The molecule has 3 heterocycles. The highest BCUT2D eigenvalue weighted by Crippen LogP contribution is 2.61. The SMILES string of the molecule is CCC=CCC=CCC=CCC=CCC=CCCCC(=O)NCCOP1(=O)OCC2OC(n3ccc(N)nc3=O)C(F)C2(C)O1. The number of hydrogen-bond acceptors (Lipinski definition) is 9. The van der Waals surface area contributed by atoms with Crippen LogP contribution in [0.4, 0.5) is 10.2 Å². The van der Waals surface area contributed by atoms with E-state index in [-0.39, 0.29) is 31.5 Å². The Kier molecular flexibility index (Phi) is 15.1. The van der Waals surface area contributed by atoms with Gasteiger partial charge in [-0.2, -0.15) is 4.98 Å². The van der Waals surface area contributed by atoms with Crippen LogP contribution in [0.5, 0.6) is 0 Å². The summed E-state index contributed by atoms with van der Waals surface area (Å²) in [6, 6.07) is 1.34. The highest BCUT2D eigenvalue weighted by Gasteiger charge is 2.62. The molecule has 0 spiro atoms. The van der Waals surface area contributed by atoms with Crippen molar-refractivity contribution in [1.29, 1.82) is 0 Å². The molecular weight excluding hydrogens is 602 g/mol. The average molecular weight is 649 g/mol. The van der Waals surface area contributed by atoms with Gasteiger partial charge >= 0.3 is 13.5 Å². The van der Waals surface area contributed by atoms with E-state index in [0.29, 0.717) is 12.8 Å². The topological polar surface area (TPSA) is 144 Å². The first-order valence-corrected chi connectivity index (χ1v) is 16.9. The molecule has 2 saturated heterocycles. The molecule has 45 heavy (non-hydrogen) atoms. The van der Waals surface area contributed by atoms with Crippen molar-refractivity contribution in [1.82, 2.24) is 14.9 Å². The Morgan fingerprint density at radius 2 is 1.76 bits per heavy atom. The molecule has 13 heteroatoms. The van der Waals surface area contributed by atoms with E-state index in [1.165, 1.54) is 19.2 Å². The summed E-state index contributed by atoms with van der Waals surface area (Å²) >= 11 is 0. The molecular formula is C32H46FN4O7P. The summed E-state index contributed by atoms with van der Waals surface area (Å²) in [4.78, 5) is 27.9. The van der Waals surface area contributed by atoms with E-state index in [9.17, 15) is 14.2 Å². The van der Waals surface area contributed by atoms with Crippen molar-refractivity contribution in [2.24, 2.45) is 0 Å². The predicted molar refractivity (Wildman–Crippen MR) is 172 cm³/mol. The van der Waals surface area contributed by atoms with Gasteiger partial charge in [0.05, 0.1) is 13.2 Å². The van der Waals surface area contributed by atoms with Gasteiger partial charge in [0.25, 0.3) is 0 Å². The maximum absolute atomic E-state index is 15.5. The number of carbonyl (C=O) groups is 1. The average Bonchev–Trinajstić information content (AvgIpc) is 3.25. The number of hydrogen-bond donors (Lipinski definition) is 2. The molecule has 5 atom stereocenters. The summed E-state index contributed by atoms with van der Waals surface area (Å²) < 4.78 is 51.2. The summed E-state index contributed by atoms with van der Waals surface area (Å²) in [5, 5.41) is 2.70. The molecule has 3 N–H and O–H groups in total. The third-order valence-corrected chi connectivity index (χ3v) is 8.75. The minimum atomic E-state index is -4.16. The standard InChI is InChI=1S/C32H46FN4O7P/c1-3-4-5-6-7-8-9-10-11-12-13-14-15-16-17-18-19-20-28(38)35-22-24-41-45(40)42-25-26-32(2,44-45)29(33)30(43-26)37-23-21-27(34)36-31(37)39/h4-5,7-8,10-11,13-14,16-17,21,23,26,29-30H,3,6,9,12,15,18-20,22,24-25H2,1-2H3,(H,35,38)(H2,34,36,39). The van der Waals surface area contributed by atoms with Crippen molar-refractivity contribution in [3.63, 3.8) is 0 Å². The minimum Gasteiger partial charge on any atom is -0.383 e. The lowest BCUT2D eigenvalue weighted by molar-refractivity contribution is -0.121. The zero-order chi connectivity index (χ0) is 32.5. The van der Waals surface area contributed by atoms with Gasteiger partial charge in [0, 0.05) is 19.2 Å². The summed E-state index contributed by atoms with van der Waals surface area (Å²) in [5.74, 6) is -0.177. The van der Waals surface area contributed by atoms with E-state index < -0.39 is 37.6 Å². The number of aromatic nitrogens is 2.